The molecule has 1 heterocycles. The van der Waals surface area contributed by atoms with Crippen LogP contribution in [0.5, 0.6) is 5.75 Å². The first-order chi connectivity index (χ1) is 13.1. The van der Waals surface area contributed by atoms with Crippen LogP contribution < -0.4 is 10.1 Å². The zero-order valence-corrected chi connectivity index (χ0v) is 16.5. The number of amides is 1. The molecule has 144 valence electrons. The molecule has 2 aromatic carbocycles. The molecule has 1 aliphatic rings. The van der Waals surface area contributed by atoms with Crippen LogP contribution in [-0.4, -0.2) is 30.0 Å². The van der Waals surface area contributed by atoms with Crippen LogP contribution in [0.4, 0.5) is 0 Å². The van der Waals surface area contributed by atoms with Crippen molar-refractivity contribution in [2.45, 2.75) is 45.4 Å². The van der Waals surface area contributed by atoms with E-state index in [4.69, 9.17) is 16.3 Å². The Labute approximate surface area is 166 Å². The SMILES string of the molecule is CC(Oc1ccc(Cl)cc1)C(=O)NCc1ccc(CN2CCCCC2)cc1. The van der Waals surface area contributed by atoms with E-state index in [1.807, 2.05) is 0 Å². The number of hydrogen-bond donors (Lipinski definition) is 1. The minimum atomic E-state index is -0.565. The molecule has 4 nitrogen and oxygen atoms in total. The third-order valence-electron chi connectivity index (χ3n) is 4.84. The Morgan fingerprint density at radius 3 is 2.33 bits per heavy atom. The maximum Gasteiger partial charge on any atom is 0.261 e. The first-order valence-electron chi connectivity index (χ1n) is 9.60. The summed E-state index contributed by atoms with van der Waals surface area (Å²) in [5, 5.41) is 3.57. The minimum Gasteiger partial charge on any atom is -0.481 e. The number of halogens is 1. The van der Waals surface area contributed by atoms with E-state index < -0.39 is 6.10 Å². The molecule has 1 unspecified atom stereocenters. The smallest absolute Gasteiger partial charge is 0.261 e. The van der Waals surface area contributed by atoms with Gasteiger partial charge in [0.1, 0.15) is 5.75 Å². The molecule has 1 fully saturated rings. The molecule has 1 aliphatic heterocycles. The van der Waals surface area contributed by atoms with Crippen LogP contribution in [0.15, 0.2) is 48.5 Å². The molecule has 1 saturated heterocycles. The third kappa shape index (κ3) is 6.26. The summed E-state index contributed by atoms with van der Waals surface area (Å²) < 4.78 is 5.65. The molecular formula is C22H27ClN2O2. The van der Waals surface area contributed by atoms with Crippen molar-refractivity contribution >= 4 is 17.5 Å². The number of nitrogens with zero attached hydrogens (tertiary/aromatic N) is 1. The second-order valence-corrected chi connectivity index (χ2v) is 7.52. The maximum absolute atomic E-state index is 12.2. The molecular weight excluding hydrogens is 360 g/mol. The fourth-order valence-electron chi connectivity index (χ4n) is 3.24. The van der Waals surface area contributed by atoms with E-state index in [1.54, 1.807) is 31.2 Å². The molecule has 27 heavy (non-hydrogen) atoms. The van der Waals surface area contributed by atoms with Gasteiger partial charge in [0.15, 0.2) is 6.10 Å². The van der Waals surface area contributed by atoms with Crippen LogP contribution in [0.25, 0.3) is 0 Å². The molecule has 2 aromatic rings. The number of rotatable bonds is 7. The van der Waals surface area contributed by atoms with Crippen molar-refractivity contribution in [1.82, 2.24) is 10.2 Å². The number of nitrogens with one attached hydrogen (secondary N) is 1. The van der Waals surface area contributed by atoms with Crippen LogP contribution in [0.3, 0.4) is 0 Å². The second-order valence-electron chi connectivity index (χ2n) is 7.09. The van der Waals surface area contributed by atoms with Crippen LogP contribution in [-0.2, 0) is 17.9 Å². The molecule has 0 radical (unpaired) electrons. The lowest BCUT2D eigenvalue weighted by molar-refractivity contribution is -0.127. The van der Waals surface area contributed by atoms with Gasteiger partial charge in [-0.1, -0.05) is 42.3 Å². The van der Waals surface area contributed by atoms with Gasteiger partial charge in [0, 0.05) is 18.1 Å². The predicted octanol–water partition coefficient (Wildman–Crippen LogP) is 4.41. The number of benzene rings is 2. The maximum atomic E-state index is 12.2. The lowest BCUT2D eigenvalue weighted by Crippen LogP contribution is -2.35. The van der Waals surface area contributed by atoms with Crippen molar-refractivity contribution in [2.75, 3.05) is 13.1 Å². The minimum absolute atomic E-state index is 0.137. The molecule has 1 N–H and O–H groups in total. The number of piperidine rings is 1. The van der Waals surface area contributed by atoms with Crippen LogP contribution in [0, 0.1) is 0 Å². The Balaban J connectivity index is 1.44. The van der Waals surface area contributed by atoms with E-state index in [0.717, 1.165) is 12.1 Å². The summed E-state index contributed by atoms with van der Waals surface area (Å²) in [7, 11) is 0. The Bertz CT molecular complexity index is 725. The van der Waals surface area contributed by atoms with Gasteiger partial charge in [0.05, 0.1) is 0 Å². The van der Waals surface area contributed by atoms with Gasteiger partial charge in [-0.25, -0.2) is 0 Å². The molecule has 5 heteroatoms. The third-order valence-corrected chi connectivity index (χ3v) is 5.09. The van der Waals surface area contributed by atoms with Crippen molar-refractivity contribution in [3.63, 3.8) is 0 Å². The molecule has 0 spiro atoms. The number of carbonyl (C=O) groups excluding carboxylic acids is 1. The van der Waals surface area contributed by atoms with E-state index >= 15 is 0 Å². The second kappa shape index (κ2) is 9.77. The van der Waals surface area contributed by atoms with Crippen molar-refractivity contribution in [1.29, 1.82) is 0 Å². The summed E-state index contributed by atoms with van der Waals surface area (Å²) in [6.45, 7) is 5.65. The van der Waals surface area contributed by atoms with Crippen molar-refractivity contribution in [3.8, 4) is 5.75 Å². The van der Waals surface area contributed by atoms with Gasteiger partial charge in [-0.05, 0) is 68.2 Å². The predicted molar refractivity (Wildman–Crippen MR) is 109 cm³/mol. The molecule has 1 atom stereocenters. The summed E-state index contributed by atoms with van der Waals surface area (Å²) in [5.74, 6) is 0.492. The average Bonchev–Trinajstić information content (AvgIpc) is 2.69. The van der Waals surface area contributed by atoms with Crippen molar-refractivity contribution < 1.29 is 9.53 Å². The number of carbonyl (C=O) groups is 1. The highest BCUT2D eigenvalue weighted by Crippen LogP contribution is 2.17. The van der Waals surface area contributed by atoms with Gasteiger partial charge in [0.2, 0.25) is 0 Å². The Hall–Kier alpha value is -2.04. The largest absolute Gasteiger partial charge is 0.481 e. The molecule has 3 rings (SSSR count). The molecule has 1 amide bonds. The highest BCUT2D eigenvalue weighted by molar-refractivity contribution is 6.30. The lowest BCUT2D eigenvalue weighted by atomic mass is 10.1. The quantitative estimate of drug-likeness (QED) is 0.766. The van der Waals surface area contributed by atoms with Gasteiger partial charge >= 0.3 is 0 Å². The molecule has 0 aliphatic carbocycles. The topological polar surface area (TPSA) is 41.6 Å². The monoisotopic (exact) mass is 386 g/mol. The van der Waals surface area contributed by atoms with E-state index in [1.165, 1.54) is 37.9 Å². The highest BCUT2D eigenvalue weighted by atomic mass is 35.5. The number of ether oxygens (including phenoxy) is 1. The van der Waals surface area contributed by atoms with Gasteiger partial charge in [0.25, 0.3) is 5.91 Å². The average molecular weight is 387 g/mol. The summed E-state index contributed by atoms with van der Waals surface area (Å²) >= 11 is 5.86. The van der Waals surface area contributed by atoms with E-state index in [-0.39, 0.29) is 5.91 Å². The van der Waals surface area contributed by atoms with Gasteiger partial charge in [-0.3, -0.25) is 9.69 Å². The Kier molecular flexibility index (Phi) is 7.13. The fraction of sp³-hybridized carbons (Fsp3) is 0.409. The highest BCUT2D eigenvalue weighted by Gasteiger charge is 2.14. The van der Waals surface area contributed by atoms with E-state index in [0.29, 0.717) is 17.3 Å². The molecule has 0 bridgehead atoms. The van der Waals surface area contributed by atoms with Crippen LogP contribution in [0.1, 0.15) is 37.3 Å². The summed E-state index contributed by atoms with van der Waals surface area (Å²) in [5.41, 5.74) is 2.41. The van der Waals surface area contributed by atoms with Crippen molar-refractivity contribution in [2.24, 2.45) is 0 Å². The summed E-state index contributed by atoms with van der Waals surface area (Å²) in [6, 6.07) is 15.5. The van der Waals surface area contributed by atoms with Gasteiger partial charge in [-0.2, -0.15) is 0 Å². The first kappa shape index (κ1) is 19.7. The zero-order chi connectivity index (χ0) is 19.1. The van der Waals surface area contributed by atoms with Crippen LogP contribution in [0.2, 0.25) is 5.02 Å². The Morgan fingerprint density at radius 1 is 1.04 bits per heavy atom. The summed E-state index contributed by atoms with van der Waals surface area (Å²) in [6.07, 6.45) is 3.40. The van der Waals surface area contributed by atoms with Gasteiger partial charge in [-0.15, -0.1) is 0 Å². The van der Waals surface area contributed by atoms with Crippen LogP contribution >= 0.6 is 11.6 Å². The van der Waals surface area contributed by atoms with Gasteiger partial charge < -0.3 is 10.1 Å². The number of likely N-dealkylation sites (tertiary alicyclic amines) is 1. The number of hydrogen-bond acceptors (Lipinski definition) is 3. The zero-order valence-electron chi connectivity index (χ0n) is 15.8. The molecule has 0 saturated carbocycles. The molecule has 0 aromatic heterocycles. The standard InChI is InChI=1S/C22H27ClN2O2/c1-17(27-21-11-9-20(23)10-12-21)22(26)24-15-18-5-7-19(8-6-18)16-25-13-3-2-4-14-25/h5-12,17H,2-4,13-16H2,1H3,(H,24,26). The summed E-state index contributed by atoms with van der Waals surface area (Å²) in [4.78, 5) is 14.8. The Morgan fingerprint density at radius 2 is 1.67 bits per heavy atom. The fourth-order valence-corrected chi connectivity index (χ4v) is 3.37. The first-order valence-corrected chi connectivity index (χ1v) is 9.98. The van der Waals surface area contributed by atoms with E-state index in [2.05, 4.69) is 34.5 Å². The van der Waals surface area contributed by atoms with E-state index in [9.17, 15) is 4.79 Å². The normalized spacial score (nSPS) is 15.9. The lowest BCUT2D eigenvalue weighted by Gasteiger charge is -2.26. The van der Waals surface area contributed by atoms with Crippen molar-refractivity contribution in [3.05, 3.63) is 64.7 Å².